The van der Waals surface area contributed by atoms with Gasteiger partial charge in [-0.2, -0.15) is 0 Å². The predicted octanol–water partition coefficient (Wildman–Crippen LogP) is 4.52. The molecule has 0 fully saturated rings. The van der Waals surface area contributed by atoms with Crippen LogP contribution < -0.4 is 10.6 Å². The molecule has 1 unspecified atom stereocenters. The first-order valence-electron chi connectivity index (χ1n) is 13.2. The van der Waals surface area contributed by atoms with Crippen molar-refractivity contribution in [2.75, 3.05) is 20.1 Å². The van der Waals surface area contributed by atoms with Crippen LogP contribution in [0.25, 0.3) is 22.0 Å². The number of fused-ring (bicyclic) bond motifs is 2. The van der Waals surface area contributed by atoms with E-state index in [9.17, 15) is 9.59 Å². The van der Waals surface area contributed by atoms with Crippen molar-refractivity contribution in [3.8, 4) is 11.3 Å². The van der Waals surface area contributed by atoms with E-state index in [4.69, 9.17) is 0 Å². The third kappa shape index (κ3) is 6.24. The number of hydrogen-bond acceptors (Lipinski definition) is 7. The van der Waals surface area contributed by atoms with Gasteiger partial charge in [-0.1, -0.05) is 36.7 Å². The summed E-state index contributed by atoms with van der Waals surface area (Å²) in [7, 11) is 1.66. The van der Waals surface area contributed by atoms with Gasteiger partial charge in [-0.25, -0.2) is 4.98 Å². The van der Waals surface area contributed by atoms with Crippen molar-refractivity contribution >= 4 is 39.5 Å². The molecule has 0 spiro atoms. The van der Waals surface area contributed by atoms with Crippen molar-refractivity contribution < 1.29 is 9.59 Å². The number of nitrogens with one attached hydrogen (secondary N) is 3. The molecule has 198 valence electrons. The second-order valence-corrected chi connectivity index (χ2v) is 10.4. The number of carbonyl (C=O) groups is 2. The fourth-order valence-corrected chi connectivity index (χ4v) is 5.76. The molecule has 5 rings (SSSR count). The molecular weight excluding hydrogens is 498 g/mol. The van der Waals surface area contributed by atoms with Crippen molar-refractivity contribution in [1.82, 2.24) is 30.5 Å². The molecule has 2 aromatic heterocycles. The minimum absolute atomic E-state index is 0.0336. The van der Waals surface area contributed by atoms with Crippen LogP contribution in [0.1, 0.15) is 56.8 Å². The van der Waals surface area contributed by atoms with E-state index < -0.39 is 0 Å². The first-order valence-corrected chi connectivity index (χ1v) is 14.1. The van der Waals surface area contributed by atoms with Gasteiger partial charge in [0, 0.05) is 55.6 Å². The van der Waals surface area contributed by atoms with Crippen molar-refractivity contribution in [1.29, 1.82) is 0 Å². The van der Waals surface area contributed by atoms with Crippen LogP contribution in [-0.4, -0.2) is 57.0 Å². The van der Waals surface area contributed by atoms with Gasteiger partial charge in [0.25, 0.3) is 0 Å². The van der Waals surface area contributed by atoms with Gasteiger partial charge in [0.1, 0.15) is 5.82 Å². The lowest BCUT2D eigenvalue weighted by molar-refractivity contribution is -0.121. The molecule has 1 aromatic carbocycles. The van der Waals surface area contributed by atoms with Crippen molar-refractivity contribution in [3.05, 3.63) is 59.8 Å². The fourth-order valence-electron chi connectivity index (χ4n) is 4.81. The van der Waals surface area contributed by atoms with Gasteiger partial charge < -0.3 is 20.5 Å². The summed E-state index contributed by atoms with van der Waals surface area (Å²) in [5.41, 5.74) is 2.92. The SMILES string of the molecule is CNC(=O)CCCCCC(NC(=O)CC1=CSC2=NCCCN12)c1ncc(-c2ccc3ccncc3c2)[nH]1. The molecule has 2 aliphatic heterocycles. The van der Waals surface area contributed by atoms with Gasteiger partial charge in [0.15, 0.2) is 5.17 Å². The maximum atomic E-state index is 13.2. The predicted molar refractivity (Wildman–Crippen MR) is 151 cm³/mol. The monoisotopic (exact) mass is 531 g/mol. The largest absolute Gasteiger partial charge is 0.359 e. The summed E-state index contributed by atoms with van der Waals surface area (Å²) in [5.74, 6) is 0.758. The van der Waals surface area contributed by atoms with Crippen molar-refractivity contribution in [3.63, 3.8) is 0 Å². The summed E-state index contributed by atoms with van der Waals surface area (Å²) in [6, 6.07) is 7.97. The first-order chi connectivity index (χ1) is 18.6. The molecule has 0 saturated carbocycles. The van der Waals surface area contributed by atoms with Gasteiger partial charge in [0.2, 0.25) is 11.8 Å². The minimum Gasteiger partial charge on any atom is -0.359 e. The molecule has 0 aliphatic carbocycles. The van der Waals surface area contributed by atoms with Gasteiger partial charge in [-0.05, 0) is 42.2 Å². The Morgan fingerprint density at radius 3 is 2.95 bits per heavy atom. The van der Waals surface area contributed by atoms with E-state index in [0.29, 0.717) is 12.8 Å². The number of imidazole rings is 1. The number of thioether (sulfide) groups is 1. The van der Waals surface area contributed by atoms with Gasteiger partial charge in [0.05, 0.1) is 24.4 Å². The number of aromatic nitrogens is 3. The third-order valence-corrected chi connectivity index (χ3v) is 7.84. The molecule has 3 N–H and O–H groups in total. The van der Waals surface area contributed by atoms with E-state index in [1.165, 1.54) is 0 Å². The maximum absolute atomic E-state index is 13.2. The summed E-state index contributed by atoms with van der Waals surface area (Å²) in [6.07, 6.45) is 10.6. The van der Waals surface area contributed by atoms with Gasteiger partial charge in [-0.15, -0.1) is 0 Å². The number of amides is 2. The minimum atomic E-state index is -0.248. The molecular formula is C28H33N7O2S. The van der Waals surface area contributed by atoms with Crippen LogP contribution >= 0.6 is 11.8 Å². The van der Waals surface area contributed by atoms with Crippen molar-refractivity contribution in [2.45, 2.75) is 51.0 Å². The Hall–Kier alpha value is -3.66. The zero-order valence-corrected chi connectivity index (χ0v) is 22.4. The molecule has 0 radical (unpaired) electrons. The average molecular weight is 532 g/mol. The Morgan fingerprint density at radius 2 is 2.05 bits per heavy atom. The summed E-state index contributed by atoms with van der Waals surface area (Å²) < 4.78 is 0. The van der Waals surface area contributed by atoms with Crippen LogP contribution in [0.15, 0.2) is 59.0 Å². The normalized spacial score (nSPS) is 15.6. The quantitative estimate of drug-likeness (QED) is 0.314. The lowest BCUT2D eigenvalue weighted by atomic mass is 10.1. The number of aliphatic imine (C=N–C) groups is 1. The van der Waals surface area contributed by atoms with Crippen LogP contribution in [0.4, 0.5) is 0 Å². The number of aromatic amines is 1. The Bertz CT molecular complexity index is 1370. The molecule has 1 atom stereocenters. The average Bonchev–Trinajstić information content (AvgIpc) is 3.60. The van der Waals surface area contributed by atoms with E-state index in [0.717, 1.165) is 83.9 Å². The number of carbonyl (C=O) groups excluding carboxylic acids is 2. The summed E-state index contributed by atoms with van der Waals surface area (Å²) >= 11 is 1.60. The third-order valence-electron chi connectivity index (χ3n) is 6.89. The fraction of sp³-hybridized carbons (Fsp3) is 0.393. The molecule has 0 bridgehead atoms. The molecule has 2 aliphatic rings. The van der Waals surface area contributed by atoms with Gasteiger partial charge in [-0.3, -0.25) is 19.6 Å². The topological polar surface area (TPSA) is 115 Å². The zero-order chi connectivity index (χ0) is 26.3. The Labute approximate surface area is 226 Å². The number of amidine groups is 1. The van der Waals surface area contributed by atoms with E-state index in [2.05, 4.69) is 53.7 Å². The standard InChI is InChI=1S/C28H33N7O2S/c1-29-25(36)7-4-2-3-6-23(33-26(37)15-22-18-38-28-31-11-5-13-35(22)28)27-32-17-24(34-27)20-9-8-19-10-12-30-16-21(19)14-20/h8-10,12,14,16-18,23H,2-7,11,13,15H2,1H3,(H,29,36)(H,32,34)(H,33,37). The Kier molecular flexibility index (Phi) is 8.37. The second-order valence-electron chi connectivity index (χ2n) is 9.59. The first kappa shape index (κ1) is 26.0. The highest BCUT2D eigenvalue weighted by Gasteiger charge is 2.27. The molecule has 10 heteroatoms. The molecule has 9 nitrogen and oxygen atoms in total. The highest BCUT2D eigenvalue weighted by Crippen LogP contribution is 2.31. The van der Waals surface area contributed by atoms with Crippen LogP contribution in [0.3, 0.4) is 0 Å². The maximum Gasteiger partial charge on any atom is 0.226 e. The van der Waals surface area contributed by atoms with Gasteiger partial charge >= 0.3 is 0 Å². The molecule has 3 aromatic rings. The Morgan fingerprint density at radius 1 is 1.13 bits per heavy atom. The summed E-state index contributed by atoms with van der Waals surface area (Å²) in [5, 5.41) is 11.1. The van der Waals surface area contributed by atoms with Crippen LogP contribution in [0, 0.1) is 0 Å². The smallest absolute Gasteiger partial charge is 0.226 e. The highest BCUT2D eigenvalue weighted by molar-refractivity contribution is 8.16. The Balaban J connectivity index is 1.27. The molecule has 4 heterocycles. The summed E-state index contributed by atoms with van der Waals surface area (Å²) in [4.78, 5) is 43.8. The lowest BCUT2D eigenvalue weighted by Crippen LogP contribution is -2.34. The highest BCUT2D eigenvalue weighted by atomic mass is 32.2. The zero-order valence-electron chi connectivity index (χ0n) is 21.6. The summed E-state index contributed by atoms with van der Waals surface area (Å²) in [6.45, 7) is 1.76. The number of H-pyrrole nitrogens is 1. The molecule has 2 amide bonds. The number of benzene rings is 1. The van der Waals surface area contributed by atoms with Crippen LogP contribution in [-0.2, 0) is 9.59 Å². The number of pyridine rings is 1. The van der Waals surface area contributed by atoms with Crippen LogP contribution in [0.2, 0.25) is 0 Å². The molecule has 38 heavy (non-hydrogen) atoms. The number of unbranched alkanes of at least 4 members (excludes halogenated alkanes) is 2. The second kappa shape index (κ2) is 12.3. The molecule has 0 saturated heterocycles. The lowest BCUT2D eigenvalue weighted by Gasteiger charge is -2.25. The van der Waals surface area contributed by atoms with E-state index >= 15 is 0 Å². The van der Waals surface area contributed by atoms with Crippen LogP contribution in [0.5, 0.6) is 0 Å². The number of nitrogens with zero attached hydrogens (tertiary/aromatic N) is 4. The number of rotatable bonds is 11. The van der Waals surface area contributed by atoms with Crippen molar-refractivity contribution in [2.24, 2.45) is 4.99 Å². The van der Waals surface area contributed by atoms with E-state index in [-0.39, 0.29) is 17.9 Å². The van der Waals surface area contributed by atoms with E-state index in [1.807, 2.05) is 23.9 Å². The number of hydrogen-bond donors (Lipinski definition) is 3. The van der Waals surface area contributed by atoms with E-state index in [1.54, 1.807) is 25.0 Å².